The maximum Gasteiger partial charge on any atom is 0.270 e. The number of non-ortho nitro benzene ring substituents is 1. The fourth-order valence-corrected chi connectivity index (χ4v) is 3.35. The second-order valence-corrected chi connectivity index (χ2v) is 6.79. The lowest BCUT2D eigenvalue weighted by Gasteiger charge is -1.98. The van der Waals surface area contributed by atoms with Gasteiger partial charge in [0.05, 0.1) is 15.5 Å². The number of aromatic nitrogens is 1. The molecule has 0 fully saturated rings. The zero-order valence-corrected chi connectivity index (χ0v) is 15.6. The number of amides is 1. The Morgan fingerprint density at radius 3 is 2.57 bits per heavy atom. The third-order valence-electron chi connectivity index (χ3n) is 3.73. The lowest BCUT2D eigenvalue weighted by Crippen LogP contribution is -2.07. The molecule has 0 spiro atoms. The van der Waals surface area contributed by atoms with Crippen molar-refractivity contribution in [1.82, 2.24) is 4.98 Å². The Morgan fingerprint density at radius 1 is 1.14 bits per heavy atom. The Kier molecular flexibility index (Phi) is 5.71. The van der Waals surface area contributed by atoms with Gasteiger partial charge < -0.3 is 0 Å². The summed E-state index contributed by atoms with van der Waals surface area (Å²) in [6.45, 7) is 1.45. The Labute approximate surface area is 164 Å². The summed E-state index contributed by atoms with van der Waals surface area (Å²) < 4.78 is 0. The summed E-state index contributed by atoms with van der Waals surface area (Å²) in [5.74, 6) is -0.584. The minimum atomic E-state index is -0.499. The van der Waals surface area contributed by atoms with E-state index >= 15 is 0 Å². The second kappa shape index (κ2) is 8.36. The van der Waals surface area contributed by atoms with Crippen LogP contribution >= 0.6 is 11.3 Å². The molecule has 0 saturated carbocycles. The van der Waals surface area contributed by atoms with E-state index in [1.165, 1.54) is 31.2 Å². The number of nitro benzene ring substituents is 1. The first-order chi connectivity index (χ1) is 13.4. The summed E-state index contributed by atoms with van der Waals surface area (Å²) in [4.78, 5) is 39.3. The molecule has 140 valence electrons. The van der Waals surface area contributed by atoms with E-state index in [0.717, 1.165) is 16.9 Å². The van der Waals surface area contributed by atoms with Crippen LogP contribution in [0.15, 0.2) is 60.7 Å². The molecule has 7 nitrogen and oxygen atoms in total. The van der Waals surface area contributed by atoms with E-state index < -0.39 is 10.8 Å². The maximum absolute atomic E-state index is 12.2. The first kappa shape index (κ1) is 19.1. The first-order valence-corrected chi connectivity index (χ1v) is 9.06. The number of thiazole rings is 1. The van der Waals surface area contributed by atoms with Crippen LogP contribution in [0.2, 0.25) is 0 Å². The maximum atomic E-state index is 12.2. The van der Waals surface area contributed by atoms with Crippen LogP contribution in [0.5, 0.6) is 0 Å². The SMILES string of the molecule is CC(=O)c1sc(NC(=O)/C=C/c2cccc([N+](=O)[O-])c2)nc1-c1ccccc1. The number of benzene rings is 2. The van der Waals surface area contributed by atoms with Crippen LogP contribution in [0.4, 0.5) is 10.8 Å². The summed E-state index contributed by atoms with van der Waals surface area (Å²) in [7, 11) is 0. The van der Waals surface area contributed by atoms with Gasteiger partial charge in [0.15, 0.2) is 10.9 Å². The molecule has 3 aromatic rings. The molecule has 0 saturated heterocycles. The highest BCUT2D eigenvalue weighted by molar-refractivity contribution is 7.18. The molecule has 0 aliphatic heterocycles. The predicted molar refractivity (Wildman–Crippen MR) is 108 cm³/mol. The van der Waals surface area contributed by atoms with Gasteiger partial charge in [0.25, 0.3) is 5.69 Å². The molecule has 1 heterocycles. The quantitative estimate of drug-likeness (QED) is 0.286. The average molecular weight is 393 g/mol. The smallest absolute Gasteiger partial charge is 0.270 e. The van der Waals surface area contributed by atoms with Crippen LogP contribution in [0.1, 0.15) is 22.2 Å². The zero-order chi connectivity index (χ0) is 20.1. The van der Waals surface area contributed by atoms with Crippen molar-refractivity contribution in [2.24, 2.45) is 0 Å². The van der Waals surface area contributed by atoms with Crippen LogP contribution in [-0.2, 0) is 4.79 Å². The van der Waals surface area contributed by atoms with Gasteiger partial charge in [0, 0.05) is 30.7 Å². The third kappa shape index (κ3) is 4.54. The van der Waals surface area contributed by atoms with Gasteiger partial charge in [-0.15, -0.1) is 0 Å². The molecule has 8 heteroatoms. The second-order valence-electron chi connectivity index (χ2n) is 5.79. The lowest BCUT2D eigenvalue weighted by atomic mass is 10.1. The number of Topliss-reactive ketones (excluding diaryl/α,β-unsaturated/α-hetero) is 1. The number of nitro groups is 1. The molecule has 1 N–H and O–H groups in total. The number of nitrogens with zero attached hydrogens (tertiary/aromatic N) is 2. The summed E-state index contributed by atoms with van der Waals surface area (Å²) in [5.41, 5.74) is 1.78. The van der Waals surface area contributed by atoms with Gasteiger partial charge in [0.1, 0.15) is 0 Å². The number of ketones is 1. The Hall–Kier alpha value is -3.65. The Balaban J connectivity index is 1.78. The van der Waals surface area contributed by atoms with Gasteiger partial charge in [-0.05, 0) is 11.6 Å². The molecule has 1 aromatic heterocycles. The standard InChI is InChI=1S/C20H15N3O4S/c1-13(24)19-18(15-7-3-2-4-8-15)22-20(28-19)21-17(25)11-10-14-6-5-9-16(12-14)23(26)27/h2-12H,1H3,(H,21,22,25)/b11-10+. The van der Waals surface area contributed by atoms with Crippen molar-refractivity contribution in [2.75, 3.05) is 5.32 Å². The van der Waals surface area contributed by atoms with E-state index in [0.29, 0.717) is 21.3 Å². The summed E-state index contributed by atoms with van der Waals surface area (Å²) in [5, 5.41) is 13.7. The molecule has 1 amide bonds. The summed E-state index contributed by atoms with van der Waals surface area (Å²) in [6, 6.07) is 15.2. The van der Waals surface area contributed by atoms with E-state index in [1.807, 2.05) is 30.3 Å². The van der Waals surface area contributed by atoms with Gasteiger partial charge in [-0.25, -0.2) is 4.98 Å². The Morgan fingerprint density at radius 2 is 1.89 bits per heavy atom. The molecule has 2 aromatic carbocycles. The van der Waals surface area contributed by atoms with Crippen LogP contribution in [0.25, 0.3) is 17.3 Å². The third-order valence-corrected chi connectivity index (χ3v) is 4.80. The number of carbonyl (C=O) groups excluding carboxylic acids is 2. The van der Waals surface area contributed by atoms with Crippen molar-refractivity contribution >= 4 is 39.9 Å². The average Bonchev–Trinajstić information content (AvgIpc) is 3.11. The topological polar surface area (TPSA) is 102 Å². The van der Waals surface area contributed by atoms with Crippen molar-refractivity contribution in [1.29, 1.82) is 0 Å². The van der Waals surface area contributed by atoms with Crippen LogP contribution in [-0.4, -0.2) is 21.6 Å². The highest BCUT2D eigenvalue weighted by atomic mass is 32.1. The molecule has 0 radical (unpaired) electrons. The van der Waals surface area contributed by atoms with Gasteiger partial charge in [-0.3, -0.25) is 25.0 Å². The Bertz CT molecular complexity index is 1070. The van der Waals surface area contributed by atoms with E-state index in [9.17, 15) is 19.7 Å². The van der Waals surface area contributed by atoms with Crippen LogP contribution in [0.3, 0.4) is 0 Å². The molecular formula is C20H15N3O4S. The number of hydrogen-bond acceptors (Lipinski definition) is 6. The van der Waals surface area contributed by atoms with E-state index in [-0.39, 0.29) is 11.5 Å². The lowest BCUT2D eigenvalue weighted by molar-refractivity contribution is -0.384. The normalized spacial score (nSPS) is 10.8. The zero-order valence-electron chi connectivity index (χ0n) is 14.8. The minimum absolute atomic E-state index is 0.0546. The van der Waals surface area contributed by atoms with Crippen molar-refractivity contribution in [2.45, 2.75) is 6.92 Å². The van der Waals surface area contributed by atoms with Crippen molar-refractivity contribution in [3.63, 3.8) is 0 Å². The molecule has 3 rings (SSSR count). The van der Waals surface area contributed by atoms with E-state index in [1.54, 1.807) is 12.1 Å². The number of rotatable bonds is 6. The molecular weight excluding hydrogens is 378 g/mol. The highest BCUT2D eigenvalue weighted by Crippen LogP contribution is 2.31. The van der Waals surface area contributed by atoms with Crippen LogP contribution < -0.4 is 5.32 Å². The van der Waals surface area contributed by atoms with Gasteiger partial charge in [0.2, 0.25) is 5.91 Å². The minimum Gasteiger partial charge on any atom is -0.298 e. The first-order valence-electron chi connectivity index (χ1n) is 8.25. The fourth-order valence-electron chi connectivity index (χ4n) is 2.46. The number of anilines is 1. The number of hydrogen-bond donors (Lipinski definition) is 1. The molecule has 0 bridgehead atoms. The molecule has 0 aliphatic carbocycles. The highest BCUT2D eigenvalue weighted by Gasteiger charge is 2.17. The van der Waals surface area contributed by atoms with Crippen molar-refractivity contribution in [3.8, 4) is 11.3 Å². The van der Waals surface area contributed by atoms with Crippen molar-refractivity contribution in [3.05, 3.63) is 81.2 Å². The van der Waals surface area contributed by atoms with Crippen LogP contribution in [0, 0.1) is 10.1 Å². The number of nitrogens with one attached hydrogen (secondary N) is 1. The van der Waals surface area contributed by atoms with Crippen molar-refractivity contribution < 1.29 is 14.5 Å². The molecule has 0 aliphatic rings. The summed E-state index contributed by atoms with van der Waals surface area (Å²) in [6.07, 6.45) is 2.73. The largest absolute Gasteiger partial charge is 0.298 e. The molecule has 28 heavy (non-hydrogen) atoms. The molecule has 0 unspecified atom stereocenters. The van der Waals surface area contributed by atoms with E-state index in [2.05, 4.69) is 10.3 Å². The fraction of sp³-hybridized carbons (Fsp3) is 0.0500. The predicted octanol–water partition coefficient (Wildman–Crippen LogP) is 4.57. The monoisotopic (exact) mass is 393 g/mol. The van der Waals surface area contributed by atoms with Gasteiger partial charge >= 0.3 is 0 Å². The van der Waals surface area contributed by atoms with Gasteiger partial charge in [-0.2, -0.15) is 0 Å². The van der Waals surface area contributed by atoms with E-state index in [4.69, 9.17) is 0 Å². The van der Waals surface area contributed by atoms with Gasteiger partial charge in [-0.1, -0.05) is 53.8 Å². The summed E-state index contributed by atoms with van der Waals surface area (Å²) >= 11 is 1.10. The number of carbonyl (C=O) groups is 2. The molecule has 0 atom stereocenters.